The molecule has 0 aliphatic heterocycles. The van der Waals surface area contributed by atoms with Gasteiger partial charge in [0.2, 0.25) is 0 Å². The van der Waals surface area contributed by atoms with E-state index in [0.29, 0.717) is 0 Å². The van der Waals surface area contributed by atoms with E-state index in [4.69, 9.17) is 6.42 Å². The van der Waals surface area contributed by atoms with Gasteiger partial charge in [-0.25, -0.2) is 0 Å². The van der Waals surface area contributed by atoms with E-state index >= 15 is 0 Å². The van der Waals surface area contributed by atoms with Gasteiger partial charge in [-0.2, -0.15) is 0 Å². The van der Waals surface area contributed by atoms with Gasteiger partial charge < -0.3 is 0 Å². The van der Waals surface area contributed by atoms with Gasteiger partial charge in [0.1, 0.15) is 0 Å². The molecule has 0 saturated carbocycles. The van der Waals surface area contributed by atoms with Crippen LogP contribution in [0.3, 0.4) is 0 Å². The summed E-state index contributed by atoms with van der Waals surface area (Å²) < 4.78 is 0. The van der Waals surface area contributed by atoms with Crippen LogP contribution >= 0.6 is 0 Å². The SMILES string of the molecule is C#CCCCCCCCC=C(c1ccccc1)c1ccccc1. The van der Waals surface area contributed by atoms with Crippen LogP contribution in [0, 0.1) is 12.3 Å². The molecule has 0 saturated heterocycles. The molecule has 0 nitrogen and oxygen atoms in total. The summed E-state index contributed by atoms with van der Waals surface area (Å²) in [6.45, 7) is 0. The molecule has 0 atom stereocenters. The van der Waals surface area contributed by atoms with Gasteiger partial charge in [-0.15, -0.1) is 12.3 Å². The van der Waals surface area contributed by atoms with Crippen LogP contribution in [0.15, 0.2) is 66.7 Å². The van der Waals surface area contributed by atoms with Crippen molar-refractivity contribution in [2.45, 2.75) is 44.9 Å². The molecule has 0 bridgehead atoms. The quantitative estimate of drug-likeness (QED) is 0.367. The van der Waals surface area contributed by atoms with Crippen LogP contribution in [0.25, 0.3) is 5.57 Å². The smallest absolute Gasteiger partial charge is 0.00860 e. The third-order valence-corrected chi connectivity index (χ3v) is 4.04. The van der Waals surface area contributed by atoms with Crippen molar-refractivity contribution in [3.63, 3.8) is 0 Å². The van der Waals surface area contributed by atoms with Gasteiger partial charge >= 0.3 is 0 Å². The van der Waals surface area contributed by atoms with E-state index in [2.05, 4.69) is 72.7 Å². The molecule has 0 heteroatoms. The van der Waals surface area contributed by atoms with E-state index in [0.717, 1.165) is 12.8 Å². The normalized spacial score (nSPS) is 10.0. The number of allylic oxidation sites excluding steroid dienone is 1. The zero-order valence-corrected chi connectivity index (χ0v) is 13.9. The molecule has 0 fully saturated rings. The molecule has 0 heterocycles. The summed E-state index contributed by atoms with van der Waals surface area (Å²) in [5.41, 5.74) is 3.94. The lowest BCUT2D eigenvalue weighted by Gasteiger charge is -2.09. The van der Waals surface area contributed by atoms with Gasteiger partial charge in [0, 0.05) is 6.42 Å². The lowest BCUT2D eigenvalue weighted by molar-refractivity contribution is 0.625. The first-order valence-corrected chi connectivity index (χ1v) is 8.66. The maximum atomic E-state index is 5.28. The van der Waals surface area contributed by atoms with Crippen LogP contribution in [0.2, 0.25) is 0 Å². The van der Waals surface area contributed by atoms with Gasteiger partial charge in [-0.3, -0.25) is 0 Å². The maximum absolute atomic E-state index is 5.28. The lowest BCUT2D eigenvalue weighted by atomic mass is 9.96. The zero-order chi connectivity index (χ0) is 16.2. The average Bonchev–Trinajstić information content (AvgIpc) is 2.62. The van der Waals surface area contributed by atoms with Crippen LogP contribution in [-0.4, -0.2) is 0 Å². The molecule has 0 unspecified atom stereocenters. The fraction of sp³-hybridized carbons (Fsp3) is 0.304. The Kier molecular flexibility index (Phi) is 7.78. The van der Waals surface area contributed by atoms with Crippen LogP contribution in [0.4, 0.5) is 0 Å². The van der Waals surface area contributed by atoms with Crippen molar-refractivity contribution >= 4 is 5.57 Å². The van der Waals surface area contributed by atoms with E-state index in [9.17, 15) is 0 Å². The first-order chi connectivity index (χ1) is 11.4. The fourth-order valence-corrected chi connectivity index (χ4v) is 2.79. The summed E-state index contributed by atoms with van der Waals surface area (Å²) in [4.78, 5) is 0. The monoisotopic (exact) mass is 302 g/mol. The standard InChI is InChI=1S/C23H26/c1-2-3-4-5-6-7-8-15-20-23(21-16-11-9-12-17-21)22-18-13-10-14-19-22/h1,9-14,16-20H,3-8,15H2. The number of terminal acetylenes is 1. The van der Waals surface area contributed by atoms with E-state index in [1.807, 2.05) is 0 Å². The molecule has 0 aromatic heterocycles. The Bertz CT molecular complexity index is 573. The van der Waals surface area contributed by atoms with Gasteiger partial charge in [-0.05, 0) is 36.0 Å². The first kappa shape index (κ1) is 17.1. The molecule has 0 aliphatic carbocycles. The highest BCUT2D eigenvalue weighted by molar-refractivity contribution is 5.79. The first-order valence-electron chi connectivity index (χ1n) is 8.66. The van der Waals surface area contributed by atoms with Crippen molar-refractivity contribution in [2.75, 3.05) is 0 Å². The summed E-state index contributed by atoms with van der Waals surface area (Å²) >= 11 is 0. The molecule has 0 aliphatic rings. The highest BCUT2D eigenvalue weighted by Gasteiger charge is 2.03. The van der Waals surface area contributed by atoms with Crippen LogP contribution in [-0.2, 0) is 0 Å². The third-order valence-electron chi connectivity index (χ3n) is 4.04. The average molecular weight is 302 g/mol. The molecule has 0 N–H and O–H groups in total. The lowest BCUT2D eigenvalue weighted by Crippen LogP contribution is -1.88. The Balaban J connectivity index is 1.92. The van der Waals surface area contributed by atoms with E-state index < -0.39 is 0 Å². The molecular weight excluding hydrogens is 276 g/mol. The number of hydrogen-bond donors (Lipinski definition) is 0. The van der Waals surface area contributed by atoms with Crippen LogP contribution < -0.4 is 0 Å². The maximum Gasteiger partial charge on any atom is 0.00860 e. The van der Waals surface area contributed by atoms with Crippen LogP contribution in [0.1, 0.15) is 56.1 Å². The molecular formula is C23H26. The summed E-state index contributed by atoms with van der Waals surface area (Å²) in [6.07, 6.45) is 16.0. The second kappa shape index (κ2) is 10.5. The molecule has 2 aromatic rings. The minimum atomic E-state index is 0.923. The number of unbranched alkanes of at least 4 members (excludes halogenated alkanes) is 6. The molecule has 2 rings (SSSR count). The minimum absolute atomic E-state index is 0.923. The van der Waals surface area contributed by atoms with Gasteiger partial charge in [0.05, 0.1) is 0 Å². The van der Waals surface area contributed by atoms with Crippen molar-refractivity contribution < 1.29 is 0 Å². The zero-order valence-electron chi connectivity index (χ0n) is 13.9. The summed E-state index contributed by atoms with van der Waals surface area (Å²) in [7, 11) is 0. The summed E-state index contributed by atoms with van der Waals surface area (Å²) in [5, 5.41) is 0. The van der Waals surface area contributed by atoms with Crippen molar-refractivity contribution in [3.05, 3.63) is 77.9 Å². The van der Waals surface area contributed by atoms with Crippen molar-refractivity contribution in [3.8, 4) is 12.3 Å². The Morgan fingerprint density at radius 3 is 1.83 bits per heavy atom. The van der Waals surface area contributed by atoms with Crippen molar-refractivity contribution in [1.29, 1.82) is 0 Å². The molecule has 0 radical (unpaired) electrons. The molecule has 2 aromatic carbocycles. The Labute approximate surface area is 141 Å². The van der Waals surface area contributed by atoms with E-state index in [-0.39, 0.29) is 0 Å². The second-order valence-corrected chi connectivity index (χ2v) is 5.86. The number of hydrogen-bond acceptors (Lipinski definition) is 0. The van der Waals surface area contributed by atoms with Crippen LogP contribution in [0.5, 0.6) is 0 Å². The van der Waals surface area contributed by atoms with E-state index in [1.165, 1.54) is 48.8 Å². The Morgan fingerprint density at radius 2 is 1.26 bits per heavy atom. The van der Waals surface area contributed by atoms with Crippen molar-refractivity contribution in [2.24, 2.45) is 0 Å². The fourth-order valence-electron chi connectivity index (χ4n) is 2.79. The Hall–Kier alpha value is -2.26. The largest absolute Gasteiger partial charge is 0.120 e. The molecule has 23 heavy (non-hydrogen) atoms. The van der Waals surface area contributed by atoms with Crippen molar-refractivity contribution in [1.82, 2.24) is 0 Å². The third kappa shape index (κ3) is 6.17. The second-order valence-electron chi connectivity index (χ2n) is 5.86. The minimum Gasteiger partial charge on any atom is -0.120 e. The molecule has 0 amide bonds. The summed E-state index contributed by atoms with van der Waals surface area (Å²) in [5.74, 6) is 2.71. The van der Waals surface area contributed by atoms with E-state index in [1.54, 1.807) is 0 Å². The molecule has 0 spiro atoms. The number of benzene rings is 2. The highest BCUT2D eigenvalue weighted by Crippen LogP contribution is 2.24. The highest BCUT2D eigenvalue weighted by atomic mass is 14.1. The topological polar surface area (TPSA) is 0 Å². The molecule has 118 valence electrons. The Morgan fingerprint density at radius 1 is 0.739 bits per heavy atom. The van der Waals surface area contributed by atoms with Gasteiger partial charge in [0.25, 0.3) is 0 Å². The van der Waals surface area contributed by atoms with Gasteiger partial charge in [0.15, 0.2) is 0 Å². The predicted molar refractivity (Wildman–Crippen MR) is 101 cm³/mol. The van der Waals surface area contributed by atoms with Gasteiger partial charge in [-0.1, -0.05) is 86.0 Å². The summed E-state index contributed by atoms with van der Waals surface area (Å²) in [6, 6.07) is 21.4. The number of rotatable bonds is 9. The predicted octanol–water partition coefficient (Wildman–Crippen LogP) is 6.48.